The second-order valence-electron chi connectivity index (χ2n) is 6.73. The zero-order valence-corrected chi connectivity index (χ0v) is 18.4. The molecule has 1 fully saturated rings. The van der Waals surface area contributed by atoms with E-state index in [-0.39, 0.29) is 28.2 Å². The van der Waals surface area contributed by atoms with Crippen LogP contribution in [0.15, 0.2) is 47.4 Å². The Kier molecular flexibility index (Phi) is 5.71. The van der Waals surface area contributed by atoms with Crippen molar-refractivity contribution in [2.75, 3.05) is 38.2 Å². The van der Waals surface area contributed by atoms with Crippen LogP contribution in [0, 0.1) is 5.82 Å². The Balaban J connectivity index is 1.68. The number of thiophene rings is 1. The fraction of sp³-hybridized carbons (Fsp3) is 0.250. The van der Waals surface area contributed by atoms with E-state index in [0.29, 0.717) is 22.8 Å². The van der Waals surface area contributed by atoms with E-state index in [1.807, 2.05) is 12.1 Å². The average Bonchev–Trinajstić information content (AvgIpc) is 3.16. The van der Waals surface area contributed by atoms with E-state index in [0.717, 1.165) is 17.0 Å². The second-order valence-corrected chi connectivity index (χ2v) is 10.1. The summed E-state index contributed by atoms with van der Waals surface area (Å²) in [5.74, 6) is -1.48. The van der Waals surface area contributed by atoms with Crippen LogP contribution in [-0.4, -0.2) is 52.0 Å². The van der Waals surface area contributed by atoms with Gasteiger partial charge in [0, 0.05) is 47.0 Å². The number of rotatable bonds is 4. The maximum atomic E-state index is 14.6. The van der Waals surface area contributed by atoms with Gasteiger partial charge in [-0.1, -0.05) is 17.7 Å². The molecule has 2 aromatic carbocycles. The molecular formula is C20H18ClFN2O4S2. The van der Waals surface area contributed by atoms with Crippen molar-refractivity contribution < 1.29 is 22.3 Å². The van der Waals surface area contributed by atoms with E-state index in [1.54, 1.807) is 18.2 Å². The van der Waals surface area contributed by atoms with Gasteiger partial charge in [-0.25, -0.2) is 17.6 Å². The molecule has 4 rings (SSSR count). The van der Waals surface area contributed by atoms with E-state index >= 15 is 0 Å². The van der Waals surface area contributed by atoms with Crippen LogP contribution in [0.5, 0.6) is 0 Å². The molecular weight excluding hydrogens is 451 g/mol. The number of piperazine rings is 1. The highest BCUT2D eigenvalue weighted by Gasteiger charge is 2.36. The first-order chi connectivity index (χ1) is 14.3. The number of carbonyl (C=O) groups is 1. The lowest BCUT2D eigenvalue weighted by Gasteiger charge is -2.35. The number of benzene rings is 2. The van der Waals surface area contributed by atoms with Gasteiger partial charge in [-0.3, -0.25) is 0 Å². The number of carbonyl (C=O) groups excluding carboxylic acids is 1. The SMILES string of the molecule is COC(=O)c1sc2cccc(F)c2c1S(=O)(=O)N1CCN(c2ccc(Cl)cc2)CC1. The van der Waals surface area contributed by atoms with Crippen molar-refractivity contribution in [3.8, 4) is 0 Å². The molecule has 30 heavy (non-hydrogen) atoms. The molecule has 0 aliphatic carbocycles. The zero-order chi connectivity index (χ0) is 21.5. The lowest BCUT2D eigenvalue weighted by Crippen LogP contribution is -2.48. The minimum Gasteiger partial charge on any atom is -0.465 e. The van der Waals surface area contributed by atoms with Crippen molar-refractivity contribution in [3.05, 3.63) is 58.2 Å². The standard InChI is InChI=1S/C20H18ClFN2O4S2/c1-28-20(25)18-19(17-15(22)3-2-4-16(17)29-18)30(26,27)24-11-9-23(10-12-24)14-7-5-13(21)6-8-14/h2-8H,9-12H2,1H3. The Hall–Kier alpha value is -2.20. The van der Waals surface area contributed by atoms with Gasteiger partial charge in [-0.05, 0) is 36.4 Å². The van der Waals surface area contributed by atoms with E-state index in [1.165, 1.54) is 23.5 Å². The first-order valence-electron chi connectivity index (χ1n) is 9.13. The molecule has 1 aliphatic heterocycles. The van der Waals surface area contributed by atoms with Gasteiger partial charge in [-0.15, -0.1) is 11.3 Å². The summed E-state index contributed by atoms with van der Waals surface area (Å²) in [4.78, 5) is 13.9. The molecule has 2 heterocycles. The number of sulfonamides is 1. The maximum Gasteiger partial charge on any atom is 0.349 e. The predicted molar refractivity (Wildman–Crippen MR) is 116 cm³/mol. The average molecular weight is 469 g/mol. The quantitative estimate of drug-likeness (QED) is 0.541. The number of nitrogens with zero attached hydrogens (tertiary/aromatic N) is 2. The number of fused-ring (bicyclic) bond motifs is 1. The summed E-state index contributed by atoms with van der Waals surface area (Å²) in [5.41, 5.74) is 0.943. The number of anilines is 1. The Bertz CT molecular complexity index is 1200. The first kappa shape index (κ1) is 21.0. The first-order valence-corrected chi connectivity index (χ1v) is 11.8. The van der Waals surface area contributed by atoms with Gasteiger partial charge in [0.15, 0.2) is 0 Å². The van der Waals surface area contributed by atoms with Gasteiger partial charge in [0.1, 0.15) is 15.6 Å². The highest BCUT2D eigenvalue weighted by molar-refractivity contribution is 7.89. The van der Waals surface area contributed by atoms with E-state index in [2.05, 4.69) is 4.90 Å². The van der Waals surface area contributed by atoms with Gasteiger partial charge < -0.3 is 9.64 Å². The Morgan fingerprint density at radius 1 is 1.10 bits per heavy atom. The normalized spacial score (nSPS) is 15.5. The Morgan fingerprint density at radius 2 is 1.77 bits per heavy atom. The largest absolute Gasteiger partial charge is 0.465 e. The number of hydrogen-bond acceptors (Lipinski definition) is 6. The van der Waals surface area contributed by atoms with Gasteiger partial charge in [0.05, 0.1) is 7.11 Å². The highest BCUT2D eigenvalue weighted by Crippen LogP contribution is 2.38. The summed E-state index contributed by atoms with van der Waals surface area (Å²) in [6.07, 6.45) is 0. The molecule has 0 N–H and O–H groups in total. The lowest BCUT2D eigenvalue weighted by molar-refractivity contribution is 0.0602. The molecule has 10 heteroatoms. The van der Waals surface area contributed by atoms with E-state index in [4.69, 9.17) is 16.3 Å². The van der Waals surface area contributed by atoms with Crippen molar-refractivity contribution in [3.63, 3.8) is 0 Å². The number of hydrogen-bond donors (Lipinski definition) is 0. The fourth-order valence-electron chi connectivity index (χ4n) is 3.52. The van der Waals surface area contributed by atoms with Crippen molar-refractivity contribution in [2.24, 2.45) is 0 Å². The highest BCUT2D eigenvalue weighted by atomic mass is 35.5. The van der Waals surface area contributed by atoms with Crippen LogP contribution in [-0.2, 0) is 14.8 Å². The summed E-state index contributed by atoms with van der Waals surface area (Å²) < 4.78 is 48.0. The molecule has 0 saturated carbocycles. The summed E-state index contributed by atoms with van der Waals surface area (Å²) in [6.45, 7) is 1.33. The summed E-state index contributed by atoms with van der Waals surface area (Å²) >= 11 is 6.85. The molecule has 3 aromatic rings. The van der Waals surface area contributed by atoms with Gasteiger partial charge in [0.2, 0.25) is 10.0 Å². The van der Waals surface area contributed by atoms with E-state index < -0.39 is 21.8 Å². The van der Waals surface area contributed by atoms with Crippen molar-refractivity contribution >= 4 is 54.7 Å². The predicted octanol–water partition coefficient (Wildman–Crippen LogP) is 3.99. The molecule has 0 atom stereocenters. The van der Waals surface area contributed by atoms with Gasteiger partial charge in [-0.2, -0.15) is 4.31 Å². The number of esters is 1. The van der Waals surface area contributed by atoms with Crippen LogP contribution in [0.1, 0.15) is 9.67 Å². The third-order valence-electron chi connectivity index (χ3n) is 5.02. The van der Waals surface area contributed by atoms with Gasteiger partial charge in [0.25, 0.3) is 0 Å². The molecule has 6 nitrogen and oxygen atoms in total. The number of methoxy groups -OCH3 is 1. The molecule has 0 bridgehead atoms. The van der Waals surface area contributed by atoms with Gasteiger partial charge >= 0.3 is 5.97 Å². The van der Waals surface area contributed by atoms with Crippen LogP contribution in [0.3, 0.4) is 0 Å². The third kappa shape index (κ3) is 3.66. The molecule has 158 valence electrons. The maximum absolute atomic E-state index is 14.6. The topological polar surface area (TPSA) is 66.9 Å². The molecule has 0 amide bonds. The summed E-state index contributed by atoms with van der Waals surface area (Å²) in [6, 6.07) is 11.6. The van der Waals surface area contributed by atoms with Crippen LogP contribution in [0.25, 0.3) is 10.1 Å². The molecule has 1 saturated heterocycles. The van der Waals surface area contributed by atoms with Crippen LogP contribution in [0.4, 0.5) is 10.1 Å². The van der Waals surface area contributed by atoms with E-state index in [9.17, 15) is 17.6 Å². The summed E-state index contributed by atoms with van der Waals surface area (Å²) in [5, 5.41) is 0.560. The van der Waals surface area contributed by atoms with Crippen molar-refractivity contribution in [2.45, 2.75) is 4.90 Å². The molecule has 0 radical (unpaired) electrons. The second kappa shape index (κ2) is 8.14. The summed E-state index contributed by atoms with van der Waals surface area (Å²) in [7, 11) is -2.94. The fourth-order valence-corrected chi connectivity index (χ4v) is 6.87. The van der Waals surface area contributed by atoms with Crippen LogP contribution in [0.2, 0.25) is 5.02 Å². The Labute approximate surface area is 182 Å². The minimum atomic E-state index is -4.11. The molecule has 0 spiro atoms. The zero-order valence-electron chi connectivity index (χ0n) is 16.0. The van der Waals surface area contributed by atoms with Crippen molar-refractivity contribution in [1.29, 1.82) is 0 Å². The third-order valence-corrected chi connectivity index (χ3v) is 8.51. The van der Waals surface area contributed by atoms with Crippen LogP contribution >= 0.6 is 22.9 Å². The van der Waals surface area contributed by atoms with Crippen molar-refractivity contribution in [1.82, 2.24) is 4.31 Å². The minimum absolute atomic E-state index is 0.0666. The lowest BCUT2D eigenvalue weighted by atomic mass is 10.2. The smallest absolute Gasteiger partial charge is 0.349 e. The molecule has 1 aliphatic rings. The Morgan fingerprint density at radius 3 is 2.40 bits per heavy atom. The number of ether oxygens (including phenoxy) is 1. The number of halogens is 2. The molecule has 0 unspecified atom stereocenters. The monoisotopic (exact) mass is 468 g/mol. The van der Waals surface area contributed by atoms with Crippen LogP contribution < -0.4 is 4.90 Å². The molecule has 1 aromatic heterocycles.